The van der Waals surface area contributed by atoms with E-state index in [9.17, 15) is 0 Å². The standard InChI is InChI=1S/C23H35NSi/c1-15(2)19(6)21-13-22(24(7)14-23(21)25(8,9)10)20-12-17(4)16(3)11-18(20)5/h11-15,19H,7H2,1-6,8-10H3. The van der Waals surface area contributed by atoms with E-state index >= 15 is 0 Å². The number of nitrogens with zero attached hydrogens (tertiary/aromatic N) is 1. The van der Waals surface area contributed by atoms with Crippen LogP contribution in [-0.4, -0.2) is 19.4 Å². The lowest BCUT2D eigenvalue weighted by Gasteiger charge is -2.35. The first-order valence-electron chi connectivity index (χ1n) is 9.42. The van der Waals surface area contributed by atoms with Crippen molar-refractivity contribution >= 4 is 14.8 Å². The third-order valence-electron chi connectivity index (χ3n) is 5.61. The van der Waals surface area contributed by atoms with Gasteiger partial charge in [-0.05, 0) is 42.5 Å². The molecular formula is C23H35NSi. The fraction of sp³-hybridized carbons (Fsp3) is 0.478. The Bertz CT molecular complexity index is 744. The van der Waals surface area contributed by atoms with E-state index in [1.807, 2.05) is 0 Å². The molecule has 2 heteroatoms. The highest BCUT2D eigenvalue weighted by Crippen LogP contribution is 2.38. The van der Waals surface area contributed by atoms with E-state index in [1.165, 1.54) is 39.1 Å². The highest BCUT2D eigenvalue weighted by molar-refractivity contribution is 6.84. The Morgan fingerprint density at radius 3 is 2.04 bits per heavy atom. The summed E-state index contributed by atoms with van der Waals surface area (Å²) in [5.41, 5.74) is 6.84. The van der Waals surface area contributed by atoms with E-state index in [-0.39, 0.29) is 0 Å². The van der Waals surface area contributed by atoms with Crippen molar-refractivity contribution in [3.8, 4) is 0 Å². The molecule has 0 aromatic heterocycles. The molecule has 1 aromatic rings. The monoisotopic (exact) mass is 353 g/mol. The number of benzene rings is 1. The largest absolute Gasteiger partial charge is 0.255 e. The van der Waals surface area contributed by atoms with Gasteiger partial charge >= 0.3 is 0 Å². The molecule has 0 N–H and O–H groups in total. The zero-order valence-corrected chi connectivity index (χ0v) is 18.6. The van der Waals surface area contributed by atoms with Crippen molar-refractivity contribution in [2.45, 2.75) is 61.2 Å². The van der Waals surface area contributed by atoms with Crippen molar-refractivity contribution in [3.05, 3.63) is 63.5 Å². The van der Waals surface area contributed by atoms with Gasteiger partial charge in [-0.3, -0.25) is 4.58 Å². The van der Waals surface area contributed by atoms with E-state index in [4.69, 9.17) is 0 Å². The second-order valence-corrected chi connectivity index (χ2v) is 14.1. The van der Waals surface area contributed by atoms with Crippen LogP contribution in [0.25, 0.3) is 0 Å². The Hall–Kier alpha value is -1.54. The predicted octanol–water partition coefficient (Wildman–Crippen LogP) is 6.20. The van der Waals surface area contributed by atoms with Gasteiger partial charge in [0.1, 0.15) is 12.2 Å². The third kappa shape index (κ3) is 4.00. The van der Waals surface area contributed by atoms with E-state index in [0.29, 0.717) is 11.8 Å². The average molecular weight is 354 g/mol. The second-order valence-electron chi connectivity index (χ2n) is 9.03. The summed E-state index contributed by atoms with van der Waals surface area (Å²) in [6.45, 7) is 25.2. The van der Waals surface area contributed by atoms with Crippen molar-refractivity contribution < 1.29 is 4.58 Å². The maximum Gasteiger partial charge on any atom is 0.147 e. The molecule has 0 aliphatic carbocycles. The Labute approximate surface area is 156 Å². The molecule has 2 rings (SSSR count). The summed E-state index contributed by atoms with van der Waals surface area (Å²) in [6.07, 6.45) is 4.73. The second kappa shape index (κ2) is 6.99. The summed E-state index contributed by atoms with van der Waals surface area (Å²) in [5, 5.41) is 1.54. The Morgan fingerprint density at radius 1 is 0.960 bits per heavy atom. The molecule has 0 radical (unpaired) electrons. The summed E-state index contributed by atoms with van der Waals surface area (Å²) in [5.74, 6) is 1.18. The lowest BCUT2D eigenvalue weighted by atomic mass is 9.85. The van der Waals surface area contributed by atoms with Crippen LogP contribution in [0.5, 0.6) is 0 Å². The van der Waals surface area contributed by atoms with Crippen LogP contribution < -0.4 is 0 Å². The first kappa shape index (κ1) is 19.8. The topological polar surface area (TPSA) is 3.01 Å². The van der Waals surface area contributed by atoms with Crippen molar-refractivity contribution in [1.82, 2.24) is 0 Å². The molecule has 0 amide bonds. The lowest BCUT2D eigenvalue weighted by molar-refractivity contribution is -0.418. The third-order valence-corrected chi connectivity index (χ3v) is 7.65. The zero-order valence-electron chi connectivity index (χ0n) is 17.6. The van der Waals surface area contributed by atoms with Gasteiger partial charge in [-0.1, -0.05) is 81.7 Å². The van der Waals surface area contributed by atoms with Crippen LogP contribution in [0.2, 0.25) is 19.6 Å². The van der Waals surface area contributed by atoms with Crippen LogP contribution in [0.1, 0.15) is 43.0 Å². The summed E-state index contributed by atoms with van der Waals surface area (Å²) in [4.78, 5) is 0. The van der Waals surface area contributed by atoms with Crippen molar-refractivity contribution in [2.75, 3.05) is 0 Å². The number of aryl methyl sites for hydroxylation is 3. The zero-order chi connectivity index (χ0) is 19.1. The molecule has 0 spiro atoms. The average Bonchev–Trinajstić information content (AvgIpc) is 2.49. The first-order chi connectivity index (χ1) is 11.4. The van der Waals surface area contributed by atoms with Crippen LogP contribution in [0.15, 0.2) is 35.2 Å². The van der Waals surface area contributed by atoms with Gasteiger partial charge in [-0.25, -0.2) is 0 Å². The smallest absolute Gasteiger partial charge is 0.147 e. The molecule has 1 aliphatic rings. The number of allylic oxidation sites excluding steroid dienone is 2. The Morgan fingerprint density at radius 2 is 1.52 bits per heavy atom. The van der Waals surface area contributed by atoms with Gasteiger partial charge in [0.05, 0.1) is 14.8 Å². The van der Waals surface area contributed by atoms with Gasteiger partial charge in [-0.2, -0.15) is 0 Å². The van der Waals surface area contributed by atoms with Gasteiger partial charge in [-0.15, -0.1) is 0 Å². The highest BCUT2D eigenvalue weighted by atomic mass is 28.3. The van der Waals surface area contributed by atoms with Gasteiger partial charge in [0.25, 0.3) is 0 Å². The molecule has 0 fully saturated rings. The minimum absolute atomic E-state index is 0.550. The first-order valence-corrected chi connectivity index (χ1v) is 12.9. The number of hydrogen-bond donors (Lipinski definition) is 0. The van der Waals surface area contributed by atoms with Crippen molar-refractivity contribution in [3.63, 3.8) is 0 Å². The molecule has 0 saturated heterocycles. The van der Waals surface area contributed by atoms with Gasteiger partial charge in [0.2, 0.25) is 0 Å². The van der Waals surface area contributed by atoms with Crippen LogP contribution in [0, 0.1) is 38.6 Å². The molecule has 1 nitrogen and oxygen atoms in total. The predicted molar refractivity (Wildman–Crippen MR) is 114 cm³/mol. The quantitative estimate of drug-likeness (QED) is 0.344. The normalized spacial score (nSPS) is 16.9. The molecule has 1 atom stereocenters. The van der Waals surface area contributed by atoms with E-state index < -0.39 is 8.07 Å². The molecule has 1 unspecified atom stereocenters. The van der Waals surface area contributed by atoms with E-state index in [2.05, 4.69) is 96.9 Å². The van der Waals surface area contributed by atoms with Gasteiger partial charge in [0, 0.05) is 0 Å². The Balaban J connectivity index is 2.61. The minimum atomic E-state index is -1.44. The van der Waals surface area contributed by atoms with Crippen LogP contribution in [0.4, 0.5) is 0 Å². The molecule has 1 heterocycles. The SMILES string of the molecule is C=[N+]1C=C([Si](C)(C)C)C(C(C)C(C)C)=C[C-]1c1cc(C)c(C)cc1C. The molecule has 1 aromatic carbocycles. The van der Waals surface area contributed by atoms with Gasteiger partial charge in [0.15, 0.2) is 0 Å². The van der Waals surface area contributed by atoms with Gasteiger partial charge < -0.3 is 0 Å². The van der Waals surface area contributed by atoms with Crippen LogP contribution in [0.3, 0.4) is 0 Å². The van der Waals surface area contributed by atoms with Crippen molar-refractivity contribution in [1.29, 1.82) is 0 Å². The molecular weight excluding hydrogens is 318 g/mol. The highest BCUT2D eigenvalue weighted by Gasteiger charge is 2.32. The fourth-order valence-electron chi connectivity index (χ4n) is 3.44. The molecule has 0 saturated carbocycles. The molecule has 1 aliphatic heterocycles. The number of rotatable bonds is 4. The molecule has 0 bridgehead atoms. The van der Waals surface area contributed by atoms with E-state index in [0.717, 1.165) is 0 Å². The van der Waals surface area contributed by atoms with E-state index in [1.54, 1.807) is 0 Å². The Kier molecular flexibility index (Phi) is 5.53. The maximum atomic E-state index is 4.35. The summed E-state index contributed by atoms with van der Waals surface area (Å²) >= 11 is 0. The summed E-state index contributed by atoms with van der Waals surface area (Å²) in [6, 6.07) is 5.84. The maximum absolute atomic E-state index is 4.35. The summed E-state index contributed by atoms with van der Waals surface area (Å²) in [7, 11) is -1.44. The fourth-order valence-corrected chi connectivity index (χ4v) is 5.15. The van der Waals surface area contributed by atoms with Crippen LogP contribution >= 0.6 is 0 Å². The number of hydrogen-bond acceptors (Lipinski definition) is 0. The van der Waals surface area contributed by atoms with Crippen LogP contribution in [-0.2, 0) is 0 Å². The minimum Gasteiger partial charge on any atom is -0.255 e. The lowest BCUT2D eigenvalue weighted by Crippen LogP contribution is -2.33. The summed E-state index contributed by atoms with van der Waals surface area (Å²) < 4.78 is 2.10. The molecule has 136 valence electrons. The van der Waals surface area contributed by atoms with Crippen molar-refractivity contribution in [2.24, 2.45) is 11.8 Å². The molecule has 25 heavy (non-hydrogen) atoms.